The van der Waals surface area contributed by atoms with E-state index in [4.69, 9.17) is 19.1 Å². The van der Waals surface area contributed by atoms with Crippen LogP contribution in [-0.2, 0) is 0 Å². The Balaban J connectivity index is 2.16. The number of ether oxygens (including phenoxy) is 2. The van der Waals surface area contributed by atoms with E-state index < -0.39 is 5.97 Å². The fourth-order valence-electron chi connectivity index (χ4n) is 1.69. The molecule has 0 aliphatic carbocycles. The third-order valence-corrected chi connectivity index (χ3v) is 2.49. The molecular weight excluding hydrogens is 242 g/mol. The summed E-state index contributed by atoms with van der Waals surface area (Å²) in [5, 5.41) is 21.9. The molecule has 2 heterocycles. The predicted octanol–water partition coefficient (Wildman–Crippen LogP) is 1.47. The van der Waals surface area contributed by atoms with Crippen molar-refractivity contribution in [3.63, 3.8) is 0 Å². The smallest absolute Gasteiger partial charge is 0.358 e. The van der Waals surface area contributed by atoms with E-state index in [1.54, 1.807) is 6.07 Å². The summed E-state index contributed by atoms with van der Waals surface area (Å²) in [4.78, 5) is 10.7. The minimum absolute atomic E-state index is 0.0334. The van der Waals surface area contributed by atoms with Crippen LogP contribution in [0.4, 0.5) is 0 Å². The van der Waals surface area contributed by atoms with Crippen molar-refractivity contribution in [2.45, 2.75) is 0 Å². The quantitative estimate of drug-likeness (QED) is 0.830. The molecule has 0 radical (unpaired) electrons. The summed E-state index contributed by atoms with van der Waals surface area (Å²) >= 11 is 0. The maximum atomic E-state index is 10.7. The SMILES string of the molecule is O=C(O)c1cc(-c2c(O)ccc3c2OCO3)on1. The molecule has 0 saturated carbocycles. The number of hydrogen-bond acceptors (Lipinski definition) is 6. The Hall–Kier alpha value is -2.70. The van der Waals surface area contributed by atoms with Crippen molar-refractivity contribution in [1.29, 1.82) is 0 Å². The molecular formula is C11H7NO6. The van der Waals surface area contributed by atoms with Crippen LogP contribution in [0.5, 0.6) is 17.2 Å². The molecule has 1 aliphatic rings. The zero-order chi connectivity index (χ0) is 12.7. The summed E-state index contributed by atoms with van der Waals surface area (Å²) < 4.78 is 15.3. The average Bonchev–Trinajstić information content (AvgIpc) is 2.95. The number of phenols is 1. The Labute approximate surface area is 100 Å². The van der Waals surface area contributed by atoms with Gasteiger partial charge < -0.3 is 24.2 Å². The van der Waals surface area contributed by atoms with Gasteiger partial charge in [-0.1, -0.05) is 5.16 Å². The summed E-state index contributed by atoms with van der Waals surface area (Å²) in [5.74, 6) is -0.451. The van der Waals surface area contributed by atoms with Crippen LogP contribution in [0.3, 0.4) is 0 Å². The van der Waals surface area contributed by atoms with Crippen molar-refractivity contribution in [2.24, 2.45) is 0 Å². The minimum Gasteiger partial charge on any atom is -0.507 e. The van der Waals surface area contributed by atoms with Crippen LogP contribution in [0, 0.1) is 0 Å². The van der Waals surface area contributed by atoms with Gasteiger partial charge in [0.15, 0.2) is 23.0 Å². The molecule has 2 aromatic rings. The highest BCUT2D eigenvalue weighted by Gasteiger charge is 2.25. The van der Waals surface area contributed by atoms with Gasteiger partial charge in [0.2, 0.25) is 6.79 Å². The van der Waals surface area contributed by atoms with Crippen LogP contribution in [-0.4, -0.2) is 28.1 Å². The minimum atomic E-state index is -1.21. The maximum Gasteiger partial charge on any atom is 0.358 e. The summed E-state index contributed by atoms with van der Waals surface area (Å²) in [6.45, 7) is 0.0334. The Morgan fingerprint density at radius 2 is 2.17 bits per heavy atom. The molecule has 7 nitrogen and oxygen atoms in total. The lowest BCUT2D eigenvalue weighted by Gasteiger charge is -2.04. The summed E-state index contributed by atoms with van der Waals surface area (Å²) in [6, 6.07) is 4.17. The molecule has 1 aliphatic heterocycles. The van der Waals surface area contributed by atoms with Gasteiger partial charge in [-0.25, -0.2) is 4.79 Å². The van der Waals surface area contributed by atoms with Crippen molar-refractivity contribution in [3.05, 3.63) is 23.9 Å². The molecule has 7 heteroatoms. The number of benzene rings is 1. The van der Waals surface area contributed by atoms with E-state index in [2.05, 4.69) is 5.16 Å². The van der Waals surface area contributed by atoms with Gasteiger partial charge in [-0.05, 0) is 12.1 Å². The van der Waals surface area contributed by atoms with Crippen LogP contribution in [0.1, 0.15) is 10.5 Å². The van der Waals surface area contributed by atoms with Crippen LogP contribution in [0.15, 0.2) is 22.7 Å². The Morgan fingerprint density at radius 1 is 1.33 bits per heavy atom. The first-order chi connectivity index (χ1) is 8.66. The highest BCUT2D eigenvalue weighted by Crippen LogP contribution is 2.46. The van der Waals surface area contributed by atoms with Crippen LogP contribution in [0.25, 0.3) is 11.3 Å². The average molecular weight is 249 g/mol. The molecule has 18 heavy (non-hydrogen) atoms. The van der Waals surface area contributed by atoms with E-state index in [-0.39, 0.29) is 29.6 Å². The molecule has 2 N–H and O–H groups in total. The second-order valence-electron chi connectivity index (χ2n) is 3.58. The van der Waals surface area contributed by atoms with Crippen molar-refractivity contribution in [2.75, 3.05) is 6.79 Å². The van der Waals surface area contributed by atoms with Crippen molar-refractivity contribution < 1.29 is 29.0 Å². The van der Waals surface area contributed by atoms with Crippen molar-refractivity contribution in [1.82, 2.24) is 5.16 Å². The number of hydrogen-bond donors (Lipinski definition) is 2. The Morgan fingerprint density at radius 3 is 2.89 bits per heavy atom. The zero-order valence-electron chi connectivity index (χ0n) is 8.91. The lowest BCUT2D eigenvalue weighted by Crippen LogP contribution is -1.94. The van der Waals surface area contributed by atoms with E-state index in [1.807, 2.05) is 0 Å². The topological polar surface area (TPSA) is 102 Å². The molecule has 0 bridgehead atoms. The van der Waals surface area contributed by atoms with Gasteiger partial charge in [-0.3, -0.25) is 0 Å². The highest BCUT2D eigenvalue weighted by molar-refractivity contribution is 5.87. The lowest BCUT2D eigenvalue weighted by molar-refractivity contribution is 0.0686. The lowest BCUT2D eigenvalue weighted by atomic mass is 10.1. The van der Waals surface area contributed by atoms with Gasteiger partial charge in [0.25, 0.3) is 0 Å². The molecule has 0 unspecified atom stereocenters. The number of rotatable bonds is 2. The molecule has 0 spiro atoms. The second-order valence-corrected chi connectivity index (χ2v) is 3.58. The molecule has 1 aromatic carbocycles. The summed E-state index contributed by atoms with van der Waals surface area (Å²) in [6.07, 6.45) is 0. The Bertz CT molecular complexity index is 632. The third kappa shape index (κ3) is 1.45. The van der Waals surface area contributed by atoms with Gasteiger partial charge in [0.05, 0.1) is 0 Å². The fourth-order valence-corrected chi connectivity index (χ4v) is 1.69. The van der Waals surface area contributed by atoms with E-state index in [1.165, 1.54) is 12.1 Å². The molecule has 0 atom stereocenters. The largest absolute Gasteiger partial charge is 0.507 e. The highest BCUT2D eigenvalue weighted by atomic mass is 16.7. The standard InChI is InChI=1S/C11H7NO6/c13-6-1-2-7-10(17-4-16-7)9(6)8-3-5(11(14)15)12-18-8/h1-3,13H,4H2,(H,14,15). The number of aromatic nitrogens is 1. The van der Waals surface area contributed by atoms with Gasteiger partial charge in [0, 0.05) is 6.07 Å². The number of phenolic OH excluding ortho intramolecular Hbond substituents is 1. The van der Waals surface area contributed by atoms with Gasteiger partial charge >= 0.3 is 5.97 Å². The van der Waals surface area contributed by atoms with Crippen LogP contribution < -0.4 is 9.47 Å². The zero-order valence-corrected chi connectivity index (χ0v) is 8.91. The maximum absolute atomic E-state index is 10.7. The molecule has 1 aromatic heterocycles. The summed E-state index contributed by atoms with van der Waals surface area (Å²) in [7, 11) is 0. The molecule has 92 valence electrons. The molecule has 0 amide bonds. The number of carboxylic acids is 1. The van der Waals surface area contributed by atoms with E-state index in [0.29, 0.717) is 11.5 Å². The van der Waals surface area contributed by atoms with Gasteiger partial charge in [-0.2, -0.15) is 0 Å². The van der Waals surface area contributed by atoms with Gasteiger partial charge in [-0.15, -0.1) is 0 Å². The number of aromatic carboxylic acids is 1. The van der Waals surface area contributed by atoms with Crippen LogP contribution >= 0.6 is 0 Å². The second kappa shape index (κ2) is 3.66. The first-order valence-corrected chi connectivity index (χ1v) is 4.99. The molecule has 0 saturated heterocycles. The Kier molecular flexibility index (Phi) is 2.12. The number of fused-ring (bicyclic) bond motifs is 1. The van der Waals surface area contributed by atoms with Crippen LogP contribution in [0.2, 0.25) is 0 Å². The number of carbonyl (C=O) groups is 1. The predicted molar refractivity (Wildman–Crippen MR) is 56.7 cm³/mol. The molecule has 3 rings (SSSR count). The van der Waals surface area contributed by atoms with E-state index in [9.17, 15) is 9.90 Å². The van der Waals surface area contributed by atoms with Gasteiger partial charge in [0.1, 0.15) is 11.3 Å². The van der Waals surface area contributed by atoms with Crippen molar-refractivity contribution >= 4 is 5.97 Å². The van der Waals surface area contributed by atoms with Crippen molar-refractivity contribution in [3.8, 4) is 28.6 Å². The third-order valence-electron chi connectivity index (χ3n) is 2.49. The monoisotopic (exact) mass is 249 g/mol. The first kappa shape index (κ1) is 10.5. The van der Waals surface area contributed by atoms with E-state index >= 15 is 0 Å². The first-order valence-electron chi connectivity index (χ1n) is 4.99. The van der Waals surface area contributed by atoms with E-state index in [0.717, 1.165) is 0 Å². The molecule has 0 fully saturated rings. The summed E-state index contributed by atoms with van der Waals surface area (Å²) in [5.41, 5.74) is -0.0223. The number of nitrogens with zero attached hydrogens (tertiary/aromatic N) is 1. The number of carboxylic acid groups (broad SMARTS) is 1. The fraction of sp³-hybridized carbons (Fsp3) is 0.0909. The number of aromatic hydroxyl groups is 1. The normalized spacial score (nSPS) is 12.7.